The molecule has 0 aliphatic rings. The fraction of sp³-hybridized carbons (Fsp3) is 0.211. The molecule has 0 saturated heterocycles. The summed E-state index contributed by atoms with van der Waals surface area (Å²) in [4.78, 5) is 24.3. The third-order valence-electron chi connectivity index (χ3n) is 4.17. The van der Waals surface area contributed by atoms with Gasteiger partial charge in [0.05, 0.1) is 12.6 Å². The number of hydrogen-bond donors (Lipinski definition) is 1. The van der Waals surface area contributed by atoms with Crippen LogP contribution < -0.4 is 4.74 Å². The molecule has 0 saturated carbocycles. The normalized spacial score (nSPS) is 12.1. The molecule has 1 unspecified atom stereocenters. The highest BCUT2D eigenvalue weighted by Gasteiger charge is 2.24. The number of carbonyl (C=O) groups excluding carboxylic acids is 1. The first-order chi connectivity index (χ1) is 11.9. The van der Waals surface area contributed by atoms with E-state index in [2.05, 4.69) is 5.10 Å². The molecule has 1 atom stereocenters. The van der Waals surface area contributed by atoms with E-state index in [1.165, 1.54) is 18.7 Å². The molecule has 1 N–H and O–H groups in total. The summed E-state index contributed by atoms with van der Waals surface area (Å²) in [6.07, 6.45) is 0. The molecule has 0 bridgehead atoms. The van der Waals surface area contributed by atoms with Gasteiger partial charge in [-0.25, -0.2) is 4.79 Å². The molecule has 3 aromatic rings. The number of methoxy groups -OCH3 is 1. The van der Waals surface area contributed by atoms with Crippen LogP contribution in [0.4, 0.5) is 0 Å². The quantitative estimate of drug-likeness (QED) is 0.722. The number of carboxylic acids is 1. The maximum absolute atomic E-state index is 12.9. The van der Waals surface area contributed by atoms with Gasteiger partial charge in [0, 0.05) is 10.9 Å². The second-order valence-electron chi connectivity index (χ2n) is 5.89. The minimum atomic E-state index is -1.02. The van der Waals surface area contributed by atoms with Crippen molar-refractivity contribution in [2.45, 2.75) is 19.9 Å². The van der Waals surface area contributed by atoms with Crippen molar-refractivity contribution in [3.63, 3.8) is 0 Å². The van der Waals surface area contributed by atoms with Gasteiger partial charge in [-0.05, 0) is 32.0 Å². The number of ketones is 1. The van der Waals surface area contributed by atoms with Crippen LogP contribution in [-0.2, 0) is 4.79 Å². The SMILES string of the molecule is COc1ccc2c(c1)c(C(=O)c1ccc(C)cc1)nn2C(C)C(=O)O. The summed E-state index contributed by atoms with van der Waals surface area (Å²) in [7, 11) is 1.53. The van der Waals surface area contributed by atoms with E-state index < -0.39 is 12.0 Å². The molecule has 3 rings (SSSR count). The van der Waals surface area contributed by atoms with Crippen LogP contribution in [0.5, 0.6) is 5.75 Å². The average molecular weight is 338 g/mol. The Morgan fingerprint density at radius 3 is 2.44 bits per heavy atom. The van der Waals surface area contributed by atoms with E-state index in [4.69, 9.17) is 4.74 Å². The molecule has 6 heteroatoms. The van der Waals surface area contributed by atoms with Gasteiger partial charge in [0.15, 0.2) is 0 Å². The van der Waals surface area contributed by atoms with Crippen molar-refractivity contribution >= 4 is 22.7 Å². The number of nitrogens with zero attached hydrogens (tertiary/aromatic N) is 2. The molecular weight excluding hydrogens is 320 g/mol. The molecule has 6 nitrogen and oxygen atoms in total. The largest absolute Gasteiger partial charge is 0.497 e. The van der Waals surface area contributed by atoms with Gasteiger partial charge in [-0.15, -0.1) is 0 Å². The van der Waals surface area contributed by atoms with Crippen LogP contribution >= 0.6 is 0 Å². The highest BCUT2D eigenvalue weighted by atomic mass is 16.5. The van der Waals surface area contributed by atoms with Crippen molar-refractivity contribution in [2.24, 2.45) is 0 Å². The van der Waals surface area contributed by atoms with Crippen molar-refractivity contribution in [1.82, 2.24) is 9.78 Å². The monoisotopic (exact) mass is 338 g/mol. The van der Waals surface area contributed by atoms with Gasteiger partial charge in [-0.1, -0.05) is 29.8 Å². The summed E-state index contributed by atoms with van der Waals surface area (Å²) < 4.78 is 6.59. The fourth-order valence-corrected chi connectivity index (χ4v) is 2.66. The second-order valence-corrected chi connectivity index (χ2v) is 5.89. The maximum Gasteiger partial charge on any atom is 0.328 e. The van der Waals surface area contributed by atoms with E-state index in [1.807, 2.05) is 19.1 Å². The molecule has 2 aromatic carbocycles. The Morgan fingerprint density at radius 1 is 1.16 bits per heavy atom. The lowest BCUT2D eigenvalue weighted by atomic mass is 10.0. The summed E-state index contributed by atoms with van der Waals surface area (Å²) in [5, 5.41) is 14.2. The Balaban J connectivity index is 2.20. The van der Waals surface area contributed by atoms with E-state index in [-0.39, 0.29) is 11.5 Å². The summed E-state index contributed by atoms with van der Waals surface area (Å²) in [5.41, 5.74) is 2.34. The van der Waals surface area contributed by atoms with E-state index >= 15 is 0 Å². The average Bonchev–Trinajstić information content (AvgIpc) is 2.99. The lowest BCUT2D eigenvalue weighted by molar-refractivity contribution is -0.140. The third-order valence-corrected chi connectivity index (χ3v) is 4.17. The van der Waals surface area contributed by atoms with Gasteiger partial charge in [-0.3, -0.25) is 9.48 Å². The number of aryl methyl sites for hydroxylation is 1. The van der Waals surface area contributed by atoms with Gasteiger partial charge in [0.1, 0.15) is 17.5 Å². The van der Waals surface area contributed by atoms with Crippen LogP contribution in [0.25, 0.3) is 10.9 Å². The zero-order valence-corrected chi connectivity index (χ0v) is 14.2. The number of aliphatic carboxylic acids is 1. The smallest absolute Gasteiger partial charge is 0.328 e. The zero-order valence-electron chi connectivity index (χ0n) is 14.2. The van der Waals surface area contributed by atoms with E-state index in [9.17, 15) is 14.7 Å². The number of hydrogen-bond acceptors (Lipinski definition) is 4. The highest BCUT2D eigenvalue weighted by molar-refractivity contribution is 6.15. The molecule has 25 heavy (non-hydrogen) atoms. The van der Waals surface area contributed by atoms with Crippen molar-refractivity contribution in [3.05, 3.63) is 59.3 Å². The van der Waals surface area contributed by atoms with E-state index in [1.54, 1.807) is 30.3 Å². The number of ether oxygens (including phenoxy) is 1. The number of fused-ring (bicyclic) bond motifs is 1. The maximum atomic E-state index is 12.9. The Bertz CT molecular complexity index is 957. The Kier molecular flexibility index (Phi) is 4.27. The molecular formula is C19H18N2O4. The fourth-order valence-electron chi connectivity index (χ4n) is 2.66. The van der Waals surface area contributed by atoms with Gasteiger partial charge < -0.3 is 9.84 Å². The predicted octanol–water partition coefficient (Wildman–Crippen LogP) is 3.23. The number of carbonyl (C=O) groups is 2. The van der Waals surface area contributed by atoms with Crippen LogP contribution in [-0.4, -0.2) is 33.7 Å². The van der Waals surface area contributed by atoms with E-state index in [0.29, 0.717) is 22.2 Å². The molecule has 0 radical (unpaired) electrons. The lowest BCUT2D eigenvalue weighted by Crippen LogP contribution is -2.17. The van der Waals surface area contributed by atoms with Crippen LogP contribution in [0.1, 0.15) is 34.6 Å². The first kappa shape index (κ1) is 16.7. The molecule has 1 aromatic heterocycles. The summed E-state index contributed by atoms with van der Waals surface area (Å²) in [6.45, 7) is 3.47. The third kappa shape index (κ3) is 2.98. The van der Waals surface area contributed by atoms with Crippen molar-refractivity contribution < 1.29 is 19.4 Å². The topological polar surface area (TPSA) is 81.4 Å². The molecule has 0 amide bonds. The van der Waals surface area contributed by atoms with Crippen LogP contribution in [0.3, 0.4) is 0 Å². The number of benzene rings is 2. The Labute approximate surface area is 144 Å². The first-order valence-electron chi connectivity index (χ1n) is 7.83. The zero-order chi connectivity index (χ0) is 18.1. The first-order valence-corrected chi connectivity index (χ1v) is 7.83. The van der Waals surface area contributed by atoms with Gasteiger partial charge >= 0.3 is 5.97 Å². The molecule has 0 aliphatic heterocycles. The highest BCUT2D eigenvalue weighted by Crippen LogP contribution is 2.28. The van der Waals surface area contributed by atoms with E-state index in [0.717, 1.165) is 5.56 Å². The van der Waals surface area contributed by atoms with Crippen molar-refractivity contribution in [2.75, 3.05) is 7.11 Å². The van der Waals surface area contributed by atoms with Crippen LogP contribution in [0.2, 0.25) is 0 Å². The summed E-state index contributed by atoms with van der Waals surface area (Å²) >= 11 is 0. The minimum absolute atomic E-state index is 0.214. The predicted molar refractivity (Wildman–Crippen MR) is 93.2 cm³/mol. The minimum Gasteiger partial charge on any atom is -0.497 e. The second kappa shape index (κ2) is 6.39. The van der Waals surface area contributed by atoms with Crippen molar-refractivity contribution in [3.8, 4) is 5.75 Å². The van der Waals surface area contributed by atoms with Gasteiger partial charge in [-0.2, -0.15) is 5.10 Å². The number of rotatable bonds is 5. The van der Waals surface area contributed by atoms with Gasteiger partial charge in [0.2, 0.25) is 5.78 Å². The number of carboxylic acid groups (broad SMARTS) is 1. The lowest BCUT2D eigenvalue weighted by Gasteiger charge is -2.08. The van der Waals surface area contributed by atoms with Gasteiger partial charge in [0.25, 0.3) is 0 Å². The van der Waals surface area contributed by atoms with Crippen LogP contribution in [0.15, 0.2) is 42.5 Å². The Morgan fingerprint density at radius 2 is 1.84 bits per heavy atom. The number of aromatic nitrogens is 2. The molecule has 0 fully saturated rings. The molecule has 0 aliphatic carbocycles. The summed E-state index contributed by atoms with van der Waals surface area (Å²) in [5.74, 6) is -0.697. The standard InChI is InChI=1S/C19H18N2O4/c1-11-4-6-13(7-5-11)18(22)17-15-10-14(25-3)8-9-16(15)21(20-17)12(2)19(23)24/h4-10,12H,1-3H3,(H,23,24). The van der Waals surface area contributed by atoms with Crippen LogP contribution in [0, 0.1) is 6.92 Å². The Hall–Kier alpha value is -3.15. The van der Waals surface area contributed by atoms with Crippen molar-refractivity contribution in [1.29, 1.82) is 0 Å². The molecule has 1 heterocycles. The molecule has 0 spiro atoms. The summed E-state index contributed by atoms with van der Waals surface area (Å²) in [6, 6.07) is 11.4. The molecule has 128 valence electrons.